The van der Waals surface area contributed by atoms with Crippen LogP contribution in [0.5, 0.6) is 0 Å². The van der Waals surface area contributed by atoms with Crippen LogP contribution in [0.4, 0.5) is 0 Å². The van der Waals surface area contributed by atoms with Gasteiger partial charge in [0.05, 0.1) is 0 Å². The highest BCUT2D eigenvalue weighted by Gasteiger charge is 2.04. The van der Waals surface area contributed by atoms with Crippen LogP contribution in [0.2, 0.25) is 0 Å². The number of aryl methyl sites for hydroxylation is 1. The summed E-state index contributed by atoms with van der Waals surface area (Å²) >= 11 is 0. The highest BCUT2D eigenvalue weighted by Crippen LogP contribution is 2.26. The lowest BCUT2D eigenvalue weighted by Crippen LogP contribution is -1.96. The largest absolute Gasteiger partial charge is 0.399 e. The van der Waals surface area contributed by atoms with Gasteiger partial charge in [-0.25, -0.2) is 0 Å². The Balaban J connectivity index is 2.48. The first kappa shape index (κ1) is 11.5. The first-order valence-electron chi connectivity index (χ1n) is 5.85. The quantitative estimate of drug-likeness (QED) is 0.840. The van der Waals surface area contributed by atoms with Gasteiger partial charge in [-0.1, -0.05) is 62.0 Å². The molecule has 2 N–H and O–H groups in total. The van der Waals surface area contributed by atoms with Crippen LogP contribution < -0.4 is 5.73 Å². The van der Waals surface area contributed by atoms with E-state index in [2.05, 4.69) is 43.8 Å². The van der Waals surface area contributed by atoms with Crippen LogP contribution in [-0.4, -0.2) is 0 Å². The van der Waals surface area contributed by atoms with Gasteiger partial charge in [0.25, 0.3) is 0 Å². The van der Waals surface area contributed by atoms with Crippen molar-refractivity contribution in [3.05, 3.63) is 66.2 Å². The molecule has 2 aromatic carbocycles. The number of hydrogen-bond acceptors (Lipinski definition) is 1. The molecule has 0 spiro atoms. The van der Waals surface area contributed by atoms with Gasteiger partial charge in [-0.2, -0.15) is 0 Å². The zero-order valence-electron chi connectivity index (χ0n) is 10.1. The summed E-state index contributed by atoms with van der Waals surface area (Å²) in [6.07, 6.45) is 1.06. The van der Waals surface area contributed by atoms with E-state index in [1.54, 1.807) is 0 Å². The van der Waals surface area contributed by atoms with Gasteiger partial charge >= 0.3 is 0 Å². The molecule has 0 fully saturated rings. The second kappa shape index (κ2) is 4.88. The Morgan fingerprint density at radius 3 is 2.29 bits per heavy atom. The van der Waals surface area contributed by atoms with E-state index in [0.717, 1.165) is 17.5 Å². The summed E-state index contributed by atoms with van der Waals surface area (Å²) in [7, 11) is 0. The molecule has 2 rings (SSSR count). The third kappa shape index (κ3) is 2.39. The summed E-state index contributed by atoms with van der Waals surface area (Å²) in [5.41, 5.74) is 11.1. The zero-order valence-corrected chi connectivity index (χ0v) is 10.1. The van der Waals surface area contributed by atoms with Gasteiger partial charge < -0.3 is 5.73 Å². The molecule has 0 bridgehead atoms. The fraction of sp³-hybridized carbons (Fsp3) is 0.125. The van der Waals surface area contributed by atoms with Crippen molar-refractivity contribution >= 4 is 5.70 Å². The van der Waals surface area contributed by atoms with E-state index in [9.17, 15) is 0 Å². The Bertz CT molecular complexity index is 523. The summed E-state index contributed by atoms with van der Waals surface area (Å²) in [5, 5.41) is 0. The van der Waals surface area contributed by atoms with Gasteiger partial charge in [-0.3, -0.25) is 0 Å². The first-order chi connectivity index (χ1) is 8.22. The lowest BCUT2D eigenvalue weighted by Gasteiger charge is -2.09. The molecular weight excluding hydrogens is 206 g/mol. The minimum Gasteiger partial charge on any atom is -0.399 e. The average molecular weight is 223 g/mol. The van der Waals surface area contributed by atoms with Gasteiger partial charge in [0.15, 0.2) is 0 Å². The monoisotopic (exact) mass is 223 g/mol. The van der Waals surface area contributed by atoms with Gasteiger partial charge in [-0.15, -0.1) is 0 Å². The molecule has 0 atom stereocenters. The van der Waals surface area contributed by atoms with Crippen molar-refractivity contribution in [2.75, 3.05) is 0 Å². The fourth-order valence-electron chi connectivity index (χ4n) is 1.93. The minimum atomic E-state index is 0.611. The molecule has 0 amide bonds. The predicted octanol–water partition coefficient (Wildman–Crippen LogP) is 3.85. The zero-order chi connectivity index (χ0) is 12.3. The van der Waals surface area contributed by atoms with Crippen LogP contribution in [0.1, 0.15) is 18.1 Å². The Kier molecular flexibility index (Phi) is 3.29. The Morgan fingerprint density at radius 2 is 1.71 bits per heavy atom. The SMILES string of the molecule is C=C(N)c1ccccc1-c1ccc(CC)cc1. The molecule has 0 aliphatic carbocycles. The van der Waals surface area contributed by atoms with Crippen molar-refractivity contribution in [2.45, 2.75) is 13.3 Å². The molecule has 0 aliphatic rings. The molecule has 1 heteroatoms. The van der Waals surface area contributed by atoms with Gasteiger partial charge in [0.2, 0.25) is 0 Å². The van der Waals surface area contributed by atoms with E-state index >= 15 is 0 Å². The molecule has 0 radical (unpaired) electrons. The maximum atomic E-state index is 5.81. The molecule has 1 nitrogen and oxygen atoms in total. The number of hydrogen-bond donors (Lipinski definition) is 1. The molecule has 0 saturated heterocycles. The van der Waals surface area contributed by atoms with E-state index in [1.807, 2.05) is 18.2 Å². The van der Waals surface area contributed by atoms with Crippen LogP contribution in [0.25, 0.3) is 16.8 Å². The summed E-state index contributed by atoms with van der Waals surface area (Å²) in [6.45, 7) is 5.98. The summed E-state index contributed by atoms with van der Waals surface area (Å²) < 4.78 is 0. The third-order valence-electron chi connectivity index (χ3n) is 2.95. The molecule has 2 aromatic rings. The standard InChI is InChI=1S/C16H17N/c1-3-13-8-10-14(11-9-13)16-7-5-4-6-15(16)12(2)17/h4-11H,2-3,17H2,1H3. The fourth-order valence-corrected chi connectivity index (χ4v) is 1.93. The molecule has 0 unspecified atom stereocenters. The van der Waals surface area contributed by atoms with E-state index in [1.165, 1.54) is 11.1 Å². The van der Waals surface area contributed by atoms with Crippen molar-refractivity contribution in [3.8, 4) is 11.1 Å². The van der Waals surface area contributed by atoms with Crippen LogP contribution in [0.3, 0.4) is 0 Å². The maximum absolute atomic E-state index is 5.81. The predicted molar refractivity (Wildman–Crippen MR) is 74.5 cm³/mol. The lowest BCUT2D eigenvalue weighted by molar-refractivity contribution is 1.14. The van der Waals surface area contributed by atoms with Gasteiger partial charge in [0, 0.05) is 11.3 Å². The molecule has 0 saturated carbocycles. The number of benzene rings is 2. The van der Waals surface area contributed by atoms with Crippen molar-refractivity contribution in [2.24, 2.45) is 5.73 Å². The van der Waals surface area contributed by atoms with Crippen LogP contribution in [-0.2, 0) is 6.42 Å². The second-order valence-electron chi connectivity index (χ2n) is 4.12. The van der Waals surface area contributed by atoms with E-state index in [-0.39, 0.29) is 0 Å². The molecule has 0 aliphatic heterocycles. The van der Waals surface area contributed by atoms with Crippen LogP contribution >= 0.6 is 0 Å². The van der Waals surface area contributed by atoms with Crippen molar-refractivity contribution in [1.29, 1.82) is 0 Å². The minimum absolute atomic E-state index is 0.611. The summed E-state index contributed by atoms with van der Waals surface area (Å²) in [4.78, 5) is 0. The Labute approximate surface area is 103 Å². The Morgan fingerprint density at radius 1 is 1.06 bits per heavy atom. The van der Waals surface area contributed by atoms with Crippen molar-refractivity contribution in [3.63, 3.8) is 0 Å². The molecular formula is C16H17N. The molecule has 17 heavy (non-hydrogen) atoms. The molecule has 0 heterocycles. The van der Waals surface area contributed by atoms with E-state index < -0.39 is 0 Å². The van der Waals surface area contributed by atoms with Crippen LogP contribution in [0.15, 0.2) is 55.1 Å². The second-order valence-corrected chi connectivity index (χ2v) is 4.12. The average Bonchev–Trinajstić information content (AvgIpc) is 2.39. The van der Waals surface area contributed by atoms with Gasteiger partial charge in [0.1, 0.15) is 0 Å². The lowest BCUT2D eigenvalue weighted by atomic mass is 9.97. The van der Waals surface area contributed by atoms with Gasteiger partial charge in [-0.05, 0) is 23.1 Å². The normalized spacial score (nSPS) is 10.2. The molecule has 0 aromatic heterocycles. The van der Waals surface area contributed by atoms with Crippen molar-refractivity contribution < 1.29 is 0 Å². The number of rotatable bonds is 3. The van der Waals surface area contributed by atoms with E-state index in [0.29, 0.717) is 5.70 Å². The summed E-state index contributed by atoms with van der Waals surface area (Å²) in [5.74, 6) is 0. The molecule has 86 valence electrons. The highest BCUT2D eigenvalue weighted by molar-refractivity contribution is 5.79. The Hall–Kier alpha value is -2.02. The summed E-state index contributed by atoms with van der Waals surface area (Å²) in [6, 6.07) is 16.7. The maximum Gasteiger partial charge on any atom is 0.0320 e. The number of nitrogens with two attached hydrogens (primary N) is 1. The highest BCUT2D eigenvalue weighted by atomic mass is 14.6. The topological polar surface area (TPSA) is 26.0 Å². The van der Waals surface area contributed by atoms with Crippen molar-refractivity contribution in [1.82, 2.24) is 0 Å². The smallest absolute Gasteiger partial charge is 0.0320 e. The van der Waals surface area contributed by atoms with E-state index in [4.69, 9.17) is 5.73 Å². The third-order valence-corrected chi connectivity index (χ3v) is 2.95. The van der Waals surface area contributed by atoms with Crippen LogP contribution in [0, 0.1) is 0 Å². The first-order valence-corrected chi connectivity index (χ1v) is 5.85.